The zero-order valence-electron chi connectivity index (χ0n) is 22.1. The van der Waals surface area contributed by atoms with E-state index >= 15 is 0 Å². The molecular formula is C25H38O15. The van der Waals surface area contributed by atoms with E-state index in [4.69, 9.17) is 33.2 Å². The molecule has 15 nitrogen and oxygen atoms in total. The van der Waals surface area contributed by atoms with Gasteiger partial charge in [-0.15, -0.1) is 0 Å². The number of aliphatic hydroxyl groups excluding tert-OH is 8. The third-order valence-corrected chi connectivity index (χ3v) is 7.31. The van der Waals surface area contributed by atoms with Crippen LogP contribution >= 0.6 is 0 Å². The van der Waals surface area contributed by atoms with Crippen LogP contribution in [0.15, 0.2) is 24.3 Å². The van der Waals surface area contributed by atoms with Gasteiger partial charge in [-0.25, -0.2) is 0 Å². The van der Waals surface area contributed by atoms with Crippen molar-refractivity contribution in [2.24, 2.45) is 0 Å². The van der Waals surface area contributed by atoms with Gasteiger partial charge < -0.3 is 74.0 Å². The summed E-state index contributed by atoms with van der Waals surface area (Å²) in [7, 11) is 1.49. The summed E-state index contributed by atoms with van der Waals surface area (Å²) in [5.74, 6) is 0.799. The molecule has 1 aromatic rings. The average molecular weight is 579 g/mol. The molecule has 8 N–H and O–H groups in total. The zero-order valence-corrected chi connectivity index (χ0v) is 22.1. The van der Waals surface area contributed by atoms with Gasteiger partial charge in [0.05, 0.1) is 25.9 Å². The molecule has 0 amide bonds. The number of rotatable bonds is 8. The molecule has 15 heteroatoms. The monoisotopic (exact) mass is 578 g/mol. The highest BCUT2D eigenvalue weighted by Gasteiger charge is 2.53. The third kappa shape index (κ3) is 6.37. The molecule has 40 heavy (non-hydrogen) atoms. The molecule has 3 aliphatic rings. The molecule has 0 unspecified atom stereocenters. The Labute approximate surface area is 229 Å². The predicted octanol–water partition coefficient (Wildman–Crippen LogP) is -3.42. The number of ether oxygens (including phenoxy) is 7. The van der Waals surface area contributed by atoms with Gasteiger partial charge in [-0.05, 0) is 38.1 Å². The molecule has 0 saturated carbocycles. The van der Waals surface area contributed by atoms with E-state index in [0.29, 0.717) is 5.75 Å². The van der Waals surface area contributed by atoms with E-state index in [2.05, 4.69) is 0 Å². The number of aliphatic hydroxyl groups is 8. The molecule has 3 aliphatic heterocycles. The first-order valence-electron chi connectivity index (χ1n) is 12.9. The zero-order chi connectivity index (χ0) is 29.3. The van der Waals surface area contributed by atoms with Gasteiger partial charge in [0.25, 0.3) is 0 Å². The quantitative estimate of drug-likeness (QED) is 0.150. The third-order valence-electron chi connectivity index (χ3n) is 7.31. The molecule has 15 atom stereocenters. The summed E-state index contributed by atoms with van der Waals surface area (Å²) in [4.78, 5) is 0. The van der Waals surface area contributed by atoms with Gasteiger partial charge in [-0.3, -0.25) is 0 Å². The van der Waals surface area contributed by atoms with Crippen LogP contribution in [0.2, 0.25) is 0 Å². The molecule has 1 aromatic carbocycles. The summed E-state index contributed by atoms with van der Waals surface area (Å²) in [5.41, 5.74) is 0. The van der Waals surface area contributed by atoms with Gasteiger partial charge >= 0.3 is 0 Å². The van der Waals surface area contributed by atoms with Crippen LogP contribution in [-0.4, -0.2) is 147 Å². The normalized spacial score (nSPS) is 46.1. The lowest BCUT2D eigenvalue weighted by molar-refractivity contribution is -0.376. The molecule has 0 bridgehead atoms. The maximum absolute atomic E-state index is 11.4. The van der Waals surface area contributed by atoms with Crippen molar-refractivity contribution < 1.29 is 74.0 Å². The largest absolute Gasteiger partial charge is 0.497 e. The first-order chi connectivity index (χ1) is 19.0. The van der Waals surface area contributed by atoms with E-state index in [9.17, 15) is 40.9 Å². The molecule has 3 fully saturated rings. The van der Waals surface area contributed by atoms with Crippen LogP contribution in [0.4, 0.5) is 0 Å². The van der Waals surface area contributed by atoms with E-state index in [0.717, 1.165) is 0 Å². The van der Waals surface area contributed by atoms with E-state index in [1.807, 2.05) is 0 Å². The van der Waals surface area contributed by atoms with Crippen molar-refractivity contribution in [3.63, 3.8) is 0 Å². The van der Waals surface area contributed by atoms with Gasteiger partial charge in [0.2, 0.25) is 6.29 Å². The summed E-state index contributed by atoms with van der Waals surface area (Å²) in [6, 6.07) is 6.32. The Morgan fingerprint density at radius 3 is 1.55 bits per heavy atom. The van der Waals surface area contributed by atoms with Crippen LogP contribution in [0.5, 0.6) is 11.5 Å². The predicted molar refractivity (Wildman–Crippen MR) is 130 cm³/mol. The second kappa shape index (κ2) is 13.1. The molecule has 3 saturated heterocycles. The van der Waals surface area contributed by atoms with E-state index in [1.165, 1.54) is 21.0 Å². The molecule has 4 rings (SSSR count). The molecule has 0 aliphatic carbocycles. The topological polar surface area (TPSA) is 226 Å². The van der Waals surface area contributed by atoms with Crippen LogP contribution < -0.4 is 9.47 Å². The van der Waals surface area contributed by atoms with Crippen LogP contribution in [0, 0.1) is 0 Å². The van der Waals surface area contributed by atoms with Crippen molar-refractivity contribution in [2.75, 3.05) is 13.7 Å². The molecule has 0 aromatic heterocycles. The fourth-order valence-corrected chi connectivity index (χ4v) is 4.80. The van der Waals surface area contributed by atoms with Crippen LogP contribution in [0.3, 0.4) is 0 Å². The first kappa shape index (κ1) is 31.2. The highest BCUT2D eigenvalue weighted by Crippen LogP contribution is 2.34. The fourth-order valence-electron chi connectivity index (χ4n) is 4.80. The van der Waals surface area contributed by atoms with Gasteiger partial charge in [0.15, 0.2) is 18.7 Å². The van der Waals surface area contributed by atoms with Crippen molar-refractivity contribution in [1.82, 2.24) is 0 Å². The van der Waals surface area contributed by atoms with Gasteiger partial charge in [-0.1, -0.05) is 0 Å². The fraction of sp³-hybridized carbons (Fsp3) is 0.760. The summed E-state index contributed by atoms with van der Waals surface area (Å²) in [6.07, 6.45) is -21.9. The van der Waals surface area contributed by atoms with Crippen molar-refractivity contribution in [2.45, 2.75) is 106 Å². The minimum absolute atomic E-state index is 0.258. The highest BCUT2D eigenvalue weighted by atomic mass is 16.8. The van der Waals surface area contributed by atoms with Crippen molar-refractivity contribution in [3.05, 3.63) is 24.3 Å². The molecule has 3 heterocycles. The maximum atomic E-state index is 11.4. The van der Waals surface area contributed by atoms with Gasteiger partial charge in [0, 0.05) is 0 Å². The molecule has 0 spiro atoms. The Bertz CT molecular complexity index is 935. The second-order valence-corrected chi connectivity index (χ2v) is 10.1. The summed E-state index contributed by atoms with van der Waals surface area (Å²) in [6.45, 7) is 2.21. The first-order valence-corrected chi connectivity index (χ1v) is 12.9. The number of hydrogen-bond donors (Lipinski definition) is 8. The molecule has 0 radical (unpaired) electrons. The maximum Gasteiger partial charge on any atom is 0.229 e. The van der Waals surface area contributed by atoms with Crippen molar-refractivity contribution in [1.29, 1.82) is 0 Å². The molecular weight excluding hydrogens is 540 g/mol. The Morgan fingerprint density at radius 2 is 1.07 bits per heavy atom. The van der Waals surface area contributed by atoms with Crippen LogP contribution in [0.1, 0.15) is 13.8 Å². The van der Waals surface area contributed by atoms with Crippen LogP contribution in [0.25, 0.3) is 0 Å². The molecule has 228 valence electrons. The number of hydrogen-bond acceptors (Lipinski definition) is 15. The van der Waals surface area contributed by atoms with Gasteiger partial charge in [-0.2, -0.15) is 0 Å². The minimum Gasteiger partial charge on any atom is -0.497 e. The van der Waals surface area contributed by atoms with Crippen molar-refractivity contribution >= 4 is 0 Å². The van der Waals surface area contributed by atoms with E-state index in [-0.39, 0.29) is 5.75 Å². The lowest BCUT2D eigenvalue weighted by Gasteiger charge is -2.48. The van der Waals surface area contributed by atoms with Crippen molar-refractivity contribution in [3.8, 4) is 11.5 Å². The summed E-state index contributed by atoms with van der Waals surface area (Å²) in [5, 5.41) is 82.9. The highest BCUT2D eigenvalue weighted by molar-refractivity contribution is 5.31. The lowest BCUT2D eigenvalue weighted by Crippen LogP contribution is -2.66. The average Bonchev–Trinajstić information content (AvgIpc) is 2.95. The standard InChI is InChI=1S/C25H38O15/c1-9-14(27)16(29)18(31)23(35-9)39-21-13(8-26)38-25(37-12-6-4-11(34-3)5-7-12)22(20(21)33)40-24-19(32)17(30)15(28)10(2)36-24/h4-7,9-10,13-33H,8H2,1-3H3/t9-,10-,13+,14-,15-,16+,17+,18+,19+,20-,21+,22+,23-,24-,25+/m0/s1. The Kier molecular flexibility index (Phi) is 10.2. The SMILES string of the molecule is COc1ccc(O[C@@H]2O[C@H](CO)[C@@H](O[C@@H]3O[C@@H](C)[C@H](O)[C@@H](O)[C@H]3O)[C@H](O)[C@H]2O[C@@H]2O[C@@H](C)[C@H](O)[C@@H](O)[C@H]2O)cc1. The lowest BCUT2D eigenvalue weighted by atomic mass is 9.96. The summed E-state index contributed by atoms with van der Waals surface area (Å²) < 4.78 is 39.5. The second-order valence-electron chi connectivity index (χ2n) is 10.1. The Hall–Kier alpha value is -1.70. The van der Waals surface area contributed by atoms with Gasteiger partial charge in [0.1, 0.15) is 66.4 Å². The smallest absolute Gasteiger partial charge is 0.229 e. The summed E-state index contributed by atoms with van der Waals surface area (Å²) >= 11 is 0. The number of methoxy groups -OCH3 is 1. The minimum atomic E-state index is -1.73. The Morgan fingerprint density at radius 1 is 0.600 bits per heavy atom. The van der Waals surface area contributed by atoms with E-state index in [1.54, 1.807) is 24.3 Å². The number of benzene rings is 1. The van der Waals surface area contributed by atoms with E-state index < -0.39 is 98.7 Å². The van der Waals surface area contributed by atoms with Crippen LogP contribution in [-0.2, 0) is 23.7 Å². The Balaban J connectivity index is 1.59.